The van der Waals surface area contributed by atoms with Crippen LogP contribution in [0.15, 0.2) is 66.0 Å². The lowest BCUT2D eigenvalue weighted by Crippen LogP contribution is -2.43. The SMILES string of the molecule is COc1ccc(-c2ccc(N3CCCC(C(=O)NCc4csc(-c5ccc(OC)cc5)n4)C3)nn2)cc1. The van der Waals surface area contributed by atoms with Gasteiger partial charge in [-0.2, -0.15) is 0 Å². The van der Waals surface area contributed by atoms with Crippen molar-refractivity contribution < 1.29 is 14.3 Å². The van der Waals surface area contributed by atoms with E-state index in [2.05, 4.69) is 25.4 Å². The lowest BCUT2D eigenvalue weighted by Gasteiger charge is -2.32. The zero-order valence-electron chi connectivity index (χ0n) is 20.9. The van der Waals surface area contributed by atoms with Crippen LogP contribution in [0, 0.1) is 5.92 Å². The predicted molar refractivity (Wildman–Crippen MR) is 145 cm³/mol. The zero-order valence-corrected chi connectivity index (χ0v) is 21.7. The van der Waals surface area contributed by atoms with Gasteiger partial charge in [-0.25, -0.2) is 4.98 Å². The highest BCUT2D eigenvalue weighted by Gasteiger charge is 2.26. The number of nitrogens with zero attached hydrogens (tertiary/aromatic N) is 4. The van der Waals surface area contributed by atoms with Crippen molar-refractivity contribution in [3.63, 3.8) is 0 Å². The Kier molecular flexibility index (Phi) is 7.60. The fourth-order valence-electron chi connectivity index (χ4n) is 4.39. The molecule has 1 saturated heterocycles. The molecule has 1 N–H and O–H groups in total. The third-order valence-electron chi connectivity index (χ3n) is 6.48. The van der Waals surface area contributed by atoms with Gasteiger partial charge in [-0.05, 0) is 73.5 Å². The van der Waals surface area contributed by atoms with Gasteiger partial charge in [0, 0.05) is 29.6 Å². The van der Waals surface area contributed by atoms with Crippen LogP contribution in [0.3, 0.4) is 0 Å². The van der Waals surface area contributed by atoms with Crippen molar-refractivity contribution in [1.82, 2.24) is 20.5 Å². The van der Waals surface area contributed by atoms with E-state index >= 15 is 0 Å². The number of methoxy groups -OCH3 is 2. The molecule has 8 nitrogen and oxygen atoms in total. The van der Waals surface area contributed by atoms with Gasteiger partial charge in [-0.15, -0.1) is 21.5 Å². The maximum Gasteiger partial charge on any atom is 0.225 e. The Bertz CT molecular complexity index is 1320. The summed E-state index contributed by atoms with van der Waals surface area (Å²) in [6.07, 6.45) is 1.78. The molecule has 1 aliphatic heterocycles. The van der Waals surface area contributed by atoms with Gasteiger partial charge in [-0.3, -0.25) is 4.79 Å². The summed E-state index contributed by atoms with van der Waals surface area (Å²) in [4.78, 5) is 19.8. The normalized spacial score (nSPS) is 15.3. The number of nitrogens with one attached hydrogen (secondary N) is 1. The number of benzene rings is 2. The predicted octanol–water partition coefficient (Wildman–Crippen LogP) is 4.82. The number of thiazole rings is 1. The van der Waals surface area contributed by atoms with Crippen LogP contribution in [0.25, 0.3) is 21.8 Å². The summed E-state index contributed by atoms with van der Waals surface area (Å²) in [5, 5.41) is 14.9. The largest absolute Gasteiger partial charge is 0.497 e. The molecule has 3 heterocycles. The number of ether oxygens (including phenoxy) is 2. The standard InChI is InChI=1S/C28H29N5O3S/c1-35-23-9-5-19(6-10-23)25-13-14-26(32-31-25)33-15-3-4-21(17-33)27(34)29-16-22-18-37-28(30-22)20-7-11-24(36-2)12-8-20/h5-14,18,21H,3-4,15-17H2,1-2H3,(H,29,34). The van der Waals surface area contributed by atoms with E-state index in [1.807, 2.05) is 66.0 Å². The molecule has 0 saturated carbocycles. The number of piperidine rings is 1. The zero-order chi connectivity index (χ0) is 25.6. The van der Waals surface area contributed by atoms with E-state index in [1.54, 1.807) is 25.6 Å². The number of anilines is 1. The fraction of sp³-hybridized carbons (Fsp3) is 0.286. The van der Waals surface area contributed by atoms with E-state index < -0.39 is 0 Å². The van der Waals surface area contributed by atoms with Crippen LogP contribution in [0.4, 0.5) is 5.82 Å². The van der Waals surface area contributed by atoms with Crippen molar-refractivity contribution in [1.29, 1.82) is 0 Å². The third-order valence-corrected chi connectivity index (χ3v) is 7.43. The second-order valence-corrected chi connectivity index (χ2v) is 9.74. The van der Waals surface area contributed by atoms with Crippen LogP contribution in [0.5, 0.6) is 11.5 Å². The molecule has 9 heteroatoms. The van der Waals surface area contributed by atoms with Crippen LogP contribution in [-0.2, 0) is 11.3 Å². The number of aromatic nitrogens is 3. The van der Waals surface area contributed by atoms with Crippen molar-refractivity contribution in [2.24, 2.45) is 5.92 Å². The number of rotatable bonds is 8. The minimum Gasteiger partial charge on any atom is -0.497 e. The van der Waals surface area contributed by atoms with Crippen LogP contribution >= 0.6 is 11.3 Å². The van der Waals surface area contributed by atoms with Crippen molar-refractivity contribution in [3.8, 4) is 33.3 Å². The Morgan fingerprint density at radius 3 is 2.32 bits per heavy atom. The van der Waals surface area contributed by atoms with Gasteiger partial charge in [0.25, 0.3) is 0 Å². The number of amides is 1. The molecule has 1 amide bonds. The molecule has 0 radical (unpaired) electrons. The number of hydrogen-bond donors (Lipinski definition) is 1. The number of carbonyl (C=O) groups excluding carboxylic acids is 1. The molecule has 2 aromatic heterocycles. The quantitative estimate of drug-likeness (QED) is 0.360. The Morgan fingerprint density at radius 1 is 0.973 bits per heavy atom. The summed E-state index contributed by atoms with van der Waals surface area (Å²) in [7, 11) is 3.30. The van der Waals surface area contributed by atoms with Crippen LogP contribution in [-0.4, -0.2) is 48.4 Å². The highest BCUT2D eigenvalue weighted by molar-refractivity contribution is 7.13. The van der Waals surface area contributed by atoms with E-state index in [1.165, 1.54) is 0 Å². The average Bonchev–Trinajstić information content (AvgIpc) is 3.45. The second kappa shape index (κ2) is 11.4. The molecular weight excluding hydrogens is 486 g/mol. The molecule has 1 fully saturated rings. The second-order valence-electron chi connectivity index (χ2n) is 8.88. The van der Waals surface area contributed by atoms with Gasteiger partial charge < -0.3 is 19.7 Å². The minimum atomic E-state index is -0.100. The van der Waals surface area contributed by atoms with E-state index in [4.69, 9.17) is 9.47 Å². The Morgan fingerprint density at radius 2 is 1.68 bits per heavy atom. The molecule has 190 valence electrons. The Hall–Kier alpha value is -3.98. The molecule has 0 spiro atoms. The van der Waals surface area contributed by atoms with E-state index in [0.717, 1.165) is 64.2 Å². The summed E-state index contributed by atoms with van der Waals surface area (Å²) in [6.45, 7) is 1.90. The highest BCUT2D eigenvalue weighted by Crippen LogP contribution is 2.27. The highest BCUT2D eigenvalue weighted by atomic mass is 32.1. The van der Waals surface area contributed by atoms with Gasteiger partial charge in [0.2, 0.25) is 5.91 Å². The van der Waals surface area contributed by atoms with E-state index in [0.29, 0.717) is 13.1 Å². The third kappa shape index (κ3) is 5.89. The van der Waals surface area contributed by atoms with Gasteiger partial charge in [0.15, 0.2) is 5.82 Å². The van der Waals surface area contributed by atoms with Crippen LogP contribution < -0.4 is 19.7 Å². The smallest absolute Gasteiger partial charge is 0.225 e. The fourth-order valence-corrected chi connectivity index (χ4v) is 5.21. The molecule has 5 rings (SSSR count). The molecule has 1 aliphatic rings. The van der Waals surface area contributed by atoms with Gasteiger partial charge >= 0.3 is 0 Å². The van der Waals surface area contributed by atoms with Crippen molar-refractivity contribution >= 4 is 23.1 Å². The number of carbonyl (C=O) groups is 1. The van der Waals surface area contributed by atoms with Crippen molar-refractivity contribution in [2.75, 3.05) is 32.2 Å². The molecule has 2 aromatic carbocycles. The summed E-state index contributed by atoms with van der Waals surface area (Å²) in [6, 6.07) is 19.5. The van der Waals surface area contributed by atoms with Gasteiger partial charge in [0.05, 0.1) is 38.1 Å². The van der Waals surface area contributed by atoms with Crippen LogP contribution in [0.2, 0.25) is 0 Å². The maximum absolute atomic E-state index is 13.0. The maximum atomic E-state index is 13.0. The first kappa shape index (κ1) is 24.7. The topological polar surface area (TPSA) is 89.5 Å². The summed E-state index contributed by atoms with van der Waals surface area (Å²) in [5.41, 5.74) is 3.67. The van der Waals surface area contributed by atoms with Gasteiger partial charge in [0.1, 0.15) is 16.5 Å². The first-order valence-corrected chi connectivity index (χ1v) is 13.1. The average molecular weight is 516 g/mol. The Balaban J connectivity index is 1.16. The first-order valence-electron chi connectivity index (χ1n) is 12.2. The molecule has 0 aliphatic carbocycles. The van der Waals surface area contributed by atoms with Crippen molar-refractivity contribution in [3.05, 3.63) is 71.7 Å². The van der Waals surface area contributed by atoms with Crippen molar-refractivity contribution in [2.45, 2.75) is 19.4 Å². The van der Waals surface area contributed by atoms with E-state index in [-0.39, 0.29) is 11.8 Å². The molecule has 4 aromatic rings. The molecule has 37 heavy (non-hydrogen) atoms. The monoisotopic (exact) mass is 515 g/mol. The summed E-state index contributed by atoms with van der Waals surface area (Å²) < 4.78 is 10.4. The van der Waals surface area contributed by atoms with E-state index in [9.17, 15) is 4.79 Å². The summed E-state index contributed by atoms with van der Waals surface area (Å²) in [5.74, 6) is 2.35. The lowest BCUT2D eigenvalue weighted by molar-refractivity contribution is -0.125. The number of hydrogen-bond acceptors (Lipinski definition) is 8. The summed E-state index contributed by atoms with van der Waals surface area (Å²) >= 11 is 1.57. The molecule has 0 bridgehead atoms. The molecule has 1 unspecified atom stereocenters. The lowest BCUT2D eigenvalue weighted by atomic mass is 9.97. The first-order chi connectivity index (χ1) is 18.1. The Labute approximate surface area is 220 Å². The van der Waals surface area contributed by atoms with Gasteiger partial charge in [-0.1, -0.05) is 0 Å². The minimum absolute atomic E-state index is 0.0477. The molecule has 1 atom stereocenters. The molecular formula is C28H29N5O3S. The van der Waals surface area contributed by atoms with Crippen LogP contribution in [0.1, 0.15) is 18.5 Å².